The number of anilines is 1. The van der Waals surface area contributed by atoms with E-state index in [-0.39, 0.29) is 6.17 Å². The lowest BCUT2D eigenvalue weighted by atomic mass is 10.1. The highest BCUT2D eigenvalue weighted by molar-refractivity contribution is 5.56. The van der Waals surface area contributed by atoms with E-state index < -0.39 is 0 Å². The van der Waals surface area contributed by atoms with Crippen molar-refractivity contribution < 1.29 is 0 Å². The maximum Gasteiger partial charge on any atom is 0.121 e. The second-order valence-corrected chi connectivity index (χ2v) is 7.99. The minimum atomic E-state index is 0.270. The van der Waals surface area contributed by atoms with E-state index in [0.29, 0.717) is 0 Å². The van der Waals surface area contributed by atoms with Gasteiger partial charge in [-0.1, -0.05) is 37.3 Å². The van der Waals surface area contributed by atoms with Gasteiger partial charge < -0.3 is 9.80 Å². The Labute approximate surface area is 168 Å². The number of nitrogens with zero attached hydrogens (tertiary/aromatic N) is 4. The first kappa shape index (κ1) is 19.0. The summed E-state index contributed by atoms with van der Waals surface area (Å²) in [5.41, 5.74) is 4.21. The van der Waals surface area contributed by atoms with Crippen LogP contribution in [0.4, 0.5) is 5.69 Å². The molecular formula is C24H32N4. The molecule has 2 aromatic rings. The molecule has 1 unspecified atom stereocenters. The molecule has 0 amide bonds. The zero-order valence-corrected chi connectivity index (χ0v) is 17.4. The van der Waals surface area contributed by atoms with Crippen LogP contribution in [-0.4, -0.2) is 55.2 Å². The zero-order valence-electron chi connectivity index (χ0n) is 17.4. The maximum absolute atomic E-state index is 4.95. The predicted octanol–water partition coefficient (Wildman–Crippen LogP) is 2.53. The first-order chi connectivity index (χ1) is 13.7. The van der Waals surface area contributed by atoms with Crippen molar-refractivity contribution in [3.8, 4) is 0 Å². The number of hydrogen-bond donors (Lipinski definition) is 0. The fourth-order valence-electron chi connectivity index (χ4n) is 4.30. The lowest BCUT2D eigenvalue weighted by Crippen LogP contribution is -2.50. The number of piperazine rings is 1. The van der Waals surface area contributed by atoms with Gasteiger partial charge in [-0.25, -0.2) is 0 Å². The Bertz CT molecular complexity index is 928. The fourth-order valence-corrected chi connectivity index (χ4v) is 4.30. The predicted molar refractivity (Wildman–Crippen MR) is 117 cm³/mol. The van der Waals surface area contributed by atoms with Crippen LogP contribution in [0.2, 0.25) is 0 Å². The number of hydrogen-bond acceptors (Lipinski definition) is 4. The van der Waals surface area contributed by atoms with Crippen molar-refractivity contribution in [1.29, 1.82) is 0 Å². The van der Waals surface area contributed by atoms with Crippen LogP contribution in [0.25, 0.3) is 6.20 Å². The second kappa shape index (κ2) is 8.36. The van der Waals surface area contributed by atoms with Gasteiger partial charge in [-0.05, 0) is 43.5 Å². The Kier molecular flexibility index (Phi) is 5.67. The summed E-state index contributed by atoms with van der Waals surface area (Å²) in [6, 6.07) is 15.1. The number of aryl methyl sites for hydroxylation is 1. The van der Waals surface area contributed by atoms with E-state index in [1.54, 1.807) is 0 Å². The molecule has 2 heterocycles. The minimum Gasteiger partial charge on any atom is -0.369 e. The number of rotatable bonds is 5. The molecular weight excluding hydrogens is 344 g/mol. The standard InChI is InChI=1S/C24H32N4/c1-4-24-25-22-10-6-5-9-21(22)18-28(24)17-14-26-12-15-27(16-13-26)23-11-7-8-19(2)20(23)3/h5-11,18,24H,4,12-17H2,1-3H3. The van der Waals surface area contributed by atoms with Gasteiger partial charge in [0.2, 0.25) is 0 Å². The monoisotopic (exact) mass is 376 g/mol. The van der Waals surface area contributed by atoms with Crippen molar-refractivity contribution in [1.82, 2.24) is 9.80 Å². The fraction of sp³-hybridized carbons (Fsp3) is 0.458. The highest BCUT2D eigenvalue weighted by atomic mass is 15.3. The van der Waals surface area contributed by atoms with Crippen LogP contribution >= 0.6 is 0 Å². The molecule has 0 aliphatic carbocycles. The normalized spacial score (nSPS) is 19.8. The topological polar surface area (TPSA) is 22.1 Å². The van der Waals surface area contributed by atoms with Gasteiger partial charge in [-0.3, -0.25) is 9.89 Å². The van der Waals surface area contributed by atoms with Crippen molar-refractivity contribution in [3.63, 3.8) is 0 Å². The minimum absolute atomic E-state index is 0.270. The third-order valence-electron chi connectivity index (χ3n) is 6.24. The van der Waals surface area contributed by atoms with E-state index in [1.165, 1.54) is 22.0 Å². The third-order valence-corrected chi connectivity index (χ3v) is 6.24. The molecule has 28 heavy (non-hydrogen) atoms. The summed E-state index contributed by atoms with van der Waals surface area (Å²) < 4.78 is 0. The first-order valence-electron chi connectivity index (χ1n) is 10.6. The van der Waals surface area contributed by atoms with Crippen molar-refractivity contribution in [2.24, 2.45) is 4.99 Å². The van der Waals surface area contributed by atoms with Crippen LogP contribution in [0.3, 0.4) is 0 Å². The average Bonchev–Trinajstić information content (AvgIpc) is 2.74. The van der Waals surface area contributed by atoms with Gasteiger partial charge in [-0.15, -0.1) is 0 Å². The molecule has 0 saturated carbocycles. The van der Waals surface area contributed by atoms with Gasteiger partial charge in [0.15, 0.2) is 0 Å². The largest absolute Gasteiger partial charge is 0.369 e. The number of benzene rings is 2. The van der Waals surface area contributed by atoms with E-state index in [1.807, 2.05) is 0 Å². The molecule has 4 heteroatoms. The Morgan fingerprint density at radius 2 is 1.71 bits per heavy atom. The summed E-state index contributed by atoms with van der Waals surface area (Å²) in [7, 11) is 0. The van der Waals surface area contributed by atoms with Crippen LogP contribution in [-0.2, 0) is 0 Å². The highest BCUT2D eigenvalue weighted by Gasteiger charge is 2.21. The van der Waals surface area contributed by atoms with E-state index in [9.17, 15) is 0 Å². The summed E-state index contributed by atoms with van der Waals surface area (Å²) in [5.74, 6) is 0. The molecule has 1 saturated heterocycles. The summed E-state index contributed by atoms with van der Waals surface area (Å²) in [6.07, 6.45) is 3.62. The summed E-state index contributed by atoms with van der Waals surface area (Å²) in [6.45, 7) is 13.3. The molecule has 0 spiro atoms. The summed E-state index contributed by atoms with van der Waals surface area (Å²) in [5, 5.41) is 2.37. The maximum atomic E-state index is 4.95. The summed E-state index contributed by atoms with van der Waals surface area (Å²) >= 11 is 0. The molecule has 0 radical (unpaired) electrons. The van der Waals surface area contributed by atoms with Crippen LogP contribution in [0.15, 0.2) is 47.5 Å². The molecule has 4 nitrogen and oxygen atoms in total. The molecule has 148 valence electrons. The van der Waals surface area contributed by atoms with Crippen LogP contribution in [0, 0.1) is 13.8 Å². The Morgan fingerprint density at radius 3 is 2.50 bits per heavy atom. The van der Waals surface area contributed by atoms with Crippen molar-refractivity contribution >= 4 is 11.9 Å². The van der Waals surface area contributed by atoms with Gasteiger partial charge in [0.05, 0.1) is 5.36 Å². The first-order valence-corrected chi connectivity index (χ1v) is 10.6. The van der Waals surface area contributed by atoms with E-state index in [4.69, 9.17) is 4.99 Å². The SMILES string of the molecule is CCC1N=c2ccccc2=CN1CCN1CCN(c2cccc(C)c2C)CC1. The highest BCUT2D eigenvalue weighted by Crippen LogP contribution is 2.23. The molecule has 0 aromatic heterocycles. The second-order valence-electron chi connectivity index (χ2n) is 7.99. The van der Waals surface area contributed by atoms with Gasteiger partial charge in [0, 0.05) is 56.4 Å². The Hall–Kier alpha value is -2.33. The molecule has 4 rings (SSSR count). The van der Waals surface area contributed by atoms with Crippen LogP contribution in [0.5, 0.6) is 0 Å². The molecule has 2 aliphatic rings. The van der Waals surface area contributed by atoms with E-state index in [2.05, 4.69) is 84.1 Å². The van der Waals surface area contributed by atoms with E-state index >= 15 is 0 Å². The van der Waals surface area contributed by atoms with Gasteiger partial charge >= 0.3 is 0 Å². The van der Waals surface area contributed by atoms with Crippen LogP contribution in [0.1, 0.15) is 24.5 Å². The van der Waals surface area contributed by atoms with Gasteiger partial charge in [0.25, 0.3) is 0 Å². The third kappa shape index (κ3) is 3.93. The van der Waals surface area contributed by atoms with Crippen molar-refractivity contribution in [3.05, 3.63) is 64.2 Å². The van der Waals surface area contributed by atoms with Crippen LogP contribution < -0.4 is 15.5 Å². The quantitative estimate of drug-likeness (QED) is 0.801. The van der Waals surface area contributed by atoms with Gasteiger partial charge in [-0.2, -0.15) is 0 Å². The molecule has 0 N–H and O–H groups in total. The van der Waals surface area contributed by atoms with Gasteiger partial charge in [0.1, 0.15) is 6.17 Å². The van der Waals surface area contributed by atoms with Crippen molar-refractivity contribution in [2.45, 2.75) is 33.4 Å². The van der Waals surface area contributed by atoms with E-state index in [0.717, 1.165) is 51.0 Å². The molecule has 2 aromatic carbocycles. The zero-order chi connectivity index (χ0) is 19.5. The molecule has 0 bridgehead atoms. The smallest absolute Gasteiger partial charge is 0.121 e. The number of para-hydroxylation sites is 1. The summed E-state index contributed by atoms with van der Waals surface area (Å²) in [4.78, 5) is 12.5. The molecule has 1 fully saturated rings. The molecule has 1 atom stereocenters. The number of fused-ring (bicyclic) bond motifs is 1. The van der Waals surface area contributed by atoms with Crippen molar-refractivity contribution in [2.75, 3.05) is 44.2 Å². The average molecular weight is 377 g/mol. The lowest BCUT2D eigenvalue weighted by Gasteiger charge is -2.38. The Balaban J connectivity index is 1.35. The Morgan fingerprint density at radius 1 is 0.929 bits per heavy atom. The molecule has 2 aliphatic heterocycles. The lowest BCUT2D eigenvalue weighted by molar-refractivity contribution is 0.207.